The Hall–Kier alpha value is -3.92. The molecule has 5 atom stereocenters. The number of nitro benzene ring substituents is 2. The van der Waals surface area contributed by atoms with Crippen molar-refractivity contribution in [3.63, 3.8) is 0 Å². The highest BCUT2D eigenvalue weighted by Gasteiger charge is 2.51. The van der Waals surface area contributed by atoms with Gasteiger partial charge in [-0.3, -0.25) is 25.0 Å². The van der Waals surface area contributed by atoms with Crippen molar-refractivity contribution < 1.29 is 14.6 Å². The number of hydrogen-bond acceptors (Lipinski definition) is 7. The van der Waals surface area contributed by atoms with Crippen molar-refractivity contribution in [1.82, 2.24) is 0 Å². The van der Waals surface area contributed by atoms with Crippen molar-refractivity contribution in [3.05, 3.63) is 139 Å². The van der Waals surface area contributed by atoms with Gasteiger partial charge in [0.15, 0.2) is 5.78 Å². The maximum atomic E-state index is 13.7. The summed E-state index contributed by atoms with van der Waals surface area (Å²) in [5.74, 6) is -0.637. The summed E-state index contributed by atoms with van der Waals surface area (Å²) in [4.78, 5) is 36.8. The second-order valence-corrected chi connectivity index (χ2v) is 12.6. The van der Waals surface area contributed by atoms with E-state index in [9.17, 15) is 25.0 Å². The monoisotopic (exact) mass is 619 g/mol. The number of thioether (sulfide) groups is 1. The molecule has 1 heterocycles. The molecule has 5 unspecified atom stereocenters. The lowest BCUT2D eigenvalue weighted by Gasteiger charge is -2.39. The van der Waals surface area contributed by atoms with Crippen molar-refractivity contribution in [2.45, 2.75) is 33.9 Å². The number of nitrogens with zero attached hydrogens (tertiary/aromatic N) is 2. The number of halogens is 2. The number of para-hydroxylation sites is 1. The number of fused-ring (bicyclic) bond motifs is 3. The Morgan fingerprint density at radius 3 is 2.38 bits per heavy atom. The number of benzene rings is 4. The fourth-order valence-electron chi connectivity index (χ4n) is 6.14. The quantitative estimate of drug-likeness (QED) is 0.0954. The Balaban J connectivity index is 1.48. The van der Waals surface area contributed by atoms with Gasteiger partial charge in [-0.2, -0.15) is 0 Å². The molecule has 0 spiro atoms. The minimum Gasteiger partial charge on any atom is -0.377 e. The van der Waals surface area contributed by atoms with Gasteiger partial charge in [0, 0.05) is 51.2 Å². The number of carbonyl (C=O) groups excluding carboxylic acids is 1. The van der Waals surface area contributed by atoms with E-state index < -0.39 is 21.3 Å². The first-order chi connectivity index (χ1) is 20.2. The van der Waals surface area contributed by atoms with Crippen LogP contribution in [0.5, 0.6) is 0 Å². The molecule has 11 heteroatoms. The summed E-state index contributed by atoms with van der Waals surface area (Å²) in [5.41, 5.74) is 2.92. The Morgan fingerprint density at radius 2 is 1.64 bits per heavy atom. The first-order valence-electron chi connectivity index (χ1n) is 13.2. The van der Waals surface area contributed by atoms with Crippen molar-refractivity contribution in [2.24, 2.45) is 5.92 Å². The van der Waals surface area contributed by atoms with Crippen LogP contribution >= 0.6 is 35.0 Å². The summed E-state index contributed by atoms with van der Waals surface area (Å²) >= 11 is 15.2. The Morgan fingerprint density at radius 1 is 0.905 bits per heavy atom. The molecule has 2 aliphatic rings. The third-order valence-electron chi connectivity index (χ3n) is 7.95. The average molecular weight is 621 g/mol. The number of rotatable bonds is 7. The standard InChI is InChI=1S/C31H23Cl2N3O5S/c32-19-14-21-27-22(16-26(28(27)33)42-25-12-5-4-11-24(25)36(40)41)29(18-9-6-10-20(13-18)35(38)39)34-30(21)23(15-19)31(37)17-7-2-1-3-8-17/h1-15,22,26-29,34H,16H2. The van der Waals surface area contributed by atoms with E-state index in [0.29, 0.717) is 38.7 Å². The number of alkyl halides is 1. The highest BCUT2D eigenvalue weighted by atomic mass is 35.5. The second kappa shape index (κ2) is 11.4. The number of anilines is 1. The molecule has 42 heavy (non-hydrogen) atoms. The van der Waals surface area contributed by atoms with Gasteiger partial charge >= 0.3 is 0 Å². The summed E-state index contributed by atoms with van der Waals surface area (Å²) in [7, 11) is 0. The van der Waals surface area contributed by atoms with Crippen LogP contribution in [0.1, 0.15) is 45.4 Å². The van der Waals surface area contributed by atoms with E-state index in [4.69, 9.17) is 23.2 Å². The van der Waals surface area contributed by atoms with E-state index >= 15 is 0 Å². The molecule has 6 rings (SSSR count). The lowest BCUT2D eigenvalue weighted by molar-refractivity contribution is -0.387. The minimum absolute atomic E-state index is 0.00814. The average Bonchev–Trinajstić information content (AvgIpc) is 3.32. The summed E-state index contributed by atoms with van der Waals surface area (Å²) in [6.07, 6.45) is 0.573. The van der Waals surface area contributed by atoms with E-state index in [0.717, 1.165) is 5.56 Å². The number of nitrogens with one attached hydrogen (secondary N) is 1. The summed E-state index contributed by atoms with van der Waals surface area (Å²) in [6.45, 7) is 0. The predicted molar refractivity (Wildman–Crippen MR) is 164 cm³/mol. The van der Waals surface area contributed by atoms with Gasteiger partial charge in [-0.25, -0.2) is 0 Å². The maximum Gasteiger partial charge on any atom is 0.282 e. The molecule has 4 aromatic rings. The van der Waals surface area contributed by atoms with E-state index in [-0.39, 0.29) is 34.2 Å². The molecular weight excluding hydrogens is 597 g/mol. The van der Waals surface area contributed by atoms with Gasteiger partial charge in [0.25, 0.3) is 11.4 Å². The van der Waals surface area contributed by atoms with Crippen molar-refractivity contribution >= 4 is 57.8 Å². The van der Waals surface area contributed by atoms with E-state index in [1.165, 1.54) is 23.9 Å². The van der Waals surface area contributed by atoms with Crippen LogP contribution in [-0.4, -0.2) is 26.3 Å². The van der Waals surface area contributed by atoms with Crippen LogP contribution in [0.4, 0.5) is 17.1 Å². The molecule has 0 radical (unpaired) electrons. The van der Waals surface area contributed by atoms with Gasteiger partial charge in [-0.15, -0.1) is 23.4 Å². The van der Waals surface area contributed by atoms with Gasteiger partial charge < -0.3 is 5.32 Å². The molecule has 1 aliphatic heterocycles. The first kappa shape index (κ1) is 28.2. The van der Waals surface area contributed by atoms with Crippen LogP contribution in [0.3, 0.4) is 0 Å². The normalized spacial score (nSPS) is 22.5. The van der Waals surface area contributed by atoms with E-state index in [2.05, 4.69) is 5.32 Å². The van der Waals surface area contributed by atoms with Crippen LogP contribution in [-0.2, 0) is 0 Å². The predicted octanol–water partition coefficient (Wildman–Crippen LogP) is 8.43. The molecule has 212 valence electrons. The minimum atomic E-state index is -0.472. The Labute approximate surface area is 255 Å². The largest absolute Gasteiger partial charge is 0.377 e. The molecule has 1 aliphatic carbocycles. The molecule has 0 bridgehead atoms. The molecule has 4 aromatic carbocycles. The summed E-state index contributed by atoms with van der Waals surface area (Å²) in [5, 5.41) is 26.6. The zero-order chi connectivity index (χ0) is 29.5. The summed E-state index contributed by atoms with van der Waals surface area (Å²) < 4.78 is 0. The summed E-state index contributed by atoms with van der Waals surface area (Å²) in [6, 6.07) is 24.9. The maximum absolute atomic E-state index is 13.7. The molecule has 1 fully saturated rings. The Kier molecular flexibility index (Phi) is 7.66. The van der Waals surface area contributed by atoms with Crippen LogP contribution in [0, 0.1) is 26.1 Å². The zero-order valence-corrected chi connectivity index (χ0v) is 24.2. The second-order valence-electron chi connectivity index (χ2n) is 10.3. The third kappa shape index (κ3) is 5.12. The molecule has 1 saturated carbocycles. The number of ketones is 1. The van der Waals surface area contributed by atoms with Crippen LogP contribution in [0.25, 0.3) is 0 Å². The van der Waals surface area contributed by atoms with Crippen LogP contribution < -0.4 is 5.32 Å². The van der Waals surface area contributed by atoms with Gasteiger partial charge in [0.2, 0.25) is 0 Å². The number of non-ortho nitro benzene ring substituents is 1. The molecule has 0 amide bonds. The topological polar surface area (TPSA) is 115 Å². The van der Waals surface area contributed by atoms with Gasteiger partial charge in [0.1, 0.15) is 0 Å². The number of hydrogen-bond donors (Lipinski definition) is 1. The molecule has 0 saturated heterocycles. The van der Waals surface area contributed by atoms with Gasteiger partial charge in [-0.1, -0.05) is 66.2 Å². The van der Waals surface area contributed by atoms with Crippen molar-refractivity contribution in [2.75, 3.05) is 5.32 Å². The van der Waals surface area contributed by atoms with Gasteiger partial charge in [0.05, 0.1) is 26.2 Å². The molecular formula is C31H23Cl2N3O5S. The third-order valence-corrected chi connectivity index (χ3v) is 10.3. The number of nitro groups is 2. The van der Waals surface area contributed by atoms with E-state index in [1.807, 2.05) is 18.2 Å². The SMILES string of the molecule is O=C(c1ccccc1)c1cc(Cl)cc2c1NC(c1cccc([N+](=O)[O-])c1)C1CC(Sc3ccccc3[N+](=O)[O-])C(Cl)C21. The zero-order valence-electron chi connectivity index (χ0n) is 21.9. The van der Waals surface area contributed by atoms with Crippen LogP contribution in [0.2, 0.25) is 5.02 Å². The molecule has 0 aromatic heterocycles. The lowest BCUT2D eigenvalue weighted by Crippen LogP contribution is -2.32. The Bertz CT molecular complexity index is 1720. The first-order valence-corrected chi connectivity index (χ1v) is 14.9. The lowest BCUT2D eigenvalue weighted by atomic mass is 9.76. The molecule has 8 nitrogen and oxygen atoms in total. The highest BCUT2D eigenvalue weighted by molar-refractivity contribution is 8.00. The molecule has 1 N–H and O–H groups in total. The van der Waals surface area contributed by atoms with Crippen molar-refractivity contribution in [1.29, 1.82) is 0 Å². The van der Waals surface area contributed by atoms with Crippen LogP contribution in [0.15, 0.2) is 95.9 Å². The smallest absolute Gasteiger partial charge is 0.282 e. The highest BCUT2D eigenvalue weighted by Crippen LogP contribution is 2.59. The van der Waals surface area contributed by atoms with Crippen molar-refractivity contribution in [3.8, 4) is 0 Å². The van der Waals surface area contributed by atoms with E-state index in [1.54, 1.807) is 60.7 Å². The fourth-order valence-corrected chi connectivity index (χ4v) is 8.31. The number of carbonyl (C=O) groups is 1. The van der Waals surface area contributed by atoms with Gasteiger partial charge in [-0.05, 0) is 41.7 Å². The fraction of sp³-hybridized carbons (Fsp3) is 0.194.